The van der Waals surface area contributed by atoms with E-state index in [9.17, 15) is 13.2 Å². The van der Waals surface area contributed by atoms with E-state index < -0.39 is 10.0 Å². The largest absolute Gasteiger partial charge is 0.295 e. The fraction of sp³-hybridized carbons (Fsp3) is 0.462. The third-order valence-corrected chi connectivity index (χ3v) is 5.30. The van der Waals surface area contributed by atoms with Crippen LogP contribution in [-0.2, 0) is 10.0 Å². The maximum atomic E-state index is 12.2. The molecule has 0 saturated heterocycles. The second-order valence-corrected chi connectivity index (χ2v) is 7.03. The van der Waals surface area contributed by atoms with Gasteiger partial charge in [0.15, 0.2) is 5.78 Å². The van der Waals surface area contributed by atoms with Crippen molar-refractivity contribution >= 4 is 27.4 Å². The maximum absolute atomic E-state index is 12.2. The summed E-state index contributed by atoms with van der Waals surface area (Å²) in [6.45, 7) is 1.41. The highest BCUT2D eigenvalue weighted by molar-refractivity contribution is 7.89. The lowest BCUT2D eigenvalue weighted by atomic mass is 10.2. The molecule has 4 nitrogen and oxygen atoms in total. The smallest absolute Gasteiger partial charge is 0.240 e. The predicted octanol–water partition coefficient (Wildman–Crippen LogP) is 2.33. The molecular formula is C13H16ClNO3S. The average Bonchev–Trinajstić information content (AvgIpc) is 2.74. The molecule has 0 aromatic heterocycles. The molecule has 0 spiro atoms. The number of Topliss-reactive ketones (excluding diaryl/α,β-unsaturated/α-hetero) is 1. The van der Waals surface area contributed by atoms with E-state index in [1.54, 1.807) is 12.1 Å². The molecular weight excluding hydrogens is 286 g/mol. The van der Waals surface area contributed by atoms with Crippen molar-refractivity contribution in [3.8, 4) is 0 Å². The van der Waals surface area contributed by atoms with Crippen LogP contribution in [0.5, 0.6) is 0 Å². The summed E-state index contributed by atoms with van der Waals surface area (Å²) in [5, 5.41) is -0.161. The van der Waals surface area contributed by atoms with Gasteiger partial charge in [-0.1, -0.05) is 18.6 Å². The number of benzene rings is 1. The fourth-order valence-electron chi connectivity index (χ4n) is 2.20. The minimum Gasteiger partial charge on any atom is -0.295 e. The van der Waals surface area contributed by atoms with E-state index in [1.807, 2.05) is 0 Å². The van der Waals surface area contributed by atoms with E-state index in [2.05, 4.69) is 4.72 Å². The summed E-state index contributed by atoms with van der Waals surface area (Å²) in [6.07, 6.45) is 2.50. The van der Waals surface area contributed by atoms with E-state index in [1.165, 1.54) is 19.1 Å². The van der Waals surface area contributed by atoms with Gasteiger partial charge >= 0.3 is 0 Å². The van der Waals surface area contributed by atoms with E-state index >= 15 is 0 Å². The highest BCUT2D eigenvalue weighted by atomic mass is 35.5. The number of nitrogens with one attached hydrogen (secondary N) is 1. The van der Waals surface area contributed by atoms with Crippen LogP contribution >= 0.6 is 11.6 Å². The summed E-state index contributed by atoms with van der Waals surface area (Å²) in [6, 6.07) is 5.81. The van der Waals surface area contributed by atoms with E-state index in [0.29, 0.717) is 5.56 Å². The molecule has 19 heavy (non-hydrogen) atoms. The minimum atomic E-state index is -3.62. The summed E-state index contributed by atoms with van der Waals surface area (Å²) >= 11 is 6.07. The number of alkyl halides is 1. The lowest BCUT2D eigenvalue weighted by Crippen LogP contribution is -2.37. The fourth-order valence-corrected chi connectivity index (χ4v) is 3.97. The van der Waals surface area contributed by atoms with Crippen LogP contribution in [0.4, 0.5) is 0 Å². The Balaban J connectivity index is 2.24. The third-order valence-electron chi connectivity index (χ3n) is 3.29. The van der Waals surface area contributed by atoms with Crippen LogP contribution in [0, 0.1) is 0 Å². The van der Waals surface area contributed by atoms with Crippen LogP contribution in [-0.4, -0.2) is 25.6 Å². The molecule has 104 valence electrons. The first-order chi connectivity index (χ1) is 8.90. The van der Waals surface area contributed by atoms with Crippen molar-refractivity contribution < 1.29 is 13.2 Å². The van der Waals surface area contributed by atoms with Crippen molar-refractivity contribution in [2.45, 2.75) is 42.5 Å². The second-order valence-electron chi connectivity index (χ2n) is 4.76. The molecule has 1 aromatic carbocycles. The molecule has 0 amide bonds. The van der Waals surface area contributed by atoms with Gasteiger partial charge in [0.1, 0.15) is 0 Å². The first-order valence-corrected chi connectivity index (χ1v) is 8.09. The molecule has 2 atom stereocenters. The molecule has 2 unspecified atom stereocenters. The second kappa shape index (κ2) is 5.61. The monoisotopic (exact) mass is 301 g/mol. The van der Waals surface area contributed by atoms with Crippen LogP contribution in [0.1, 0.15) is 36.5 Å². The number of sulfonamides is 1. The van der Waals surface area contributed by atoms with E-state index in [0.717, 1.165) is 19.3 Å². The zero-order valence-electron chi connectivity index (χ0n) is 10.6. The van der Waals surface area contributed by atoms with E-state index in [4.69, 9.17) is 11.6 Å². The molecule has 6 heteroatoms. The molecule has 1 N–H and O–H groups in total. The number of carbonyl (C=O) groups excluding carboxylic acids is 1. The molecule has 1 aliphatic carbocycles. The van der Waals surface area contributed by atoms with Crippen molar-refractivity contribution in [1.29, 1.82) is 0 Å². The summed E-state index contributed by atoms with van der Waals surface area (Å²) in [7, 11) is -3.62. The lowest BCUT2D eigenvalue weighted by molar-refractivity contribution is 0.101. The zero-order valence-corrected chi connectivity index (χ0v) is 12.2. The number of carbonyl (C=O) groups is 1. The van der Waals surface area contributed by atoms with Gasteiger partial charge in [-0.25, -0.2) is 13.1 Å². The van der Waals surface area contributed by atoms with Crippen molar-refractivity contribution in [2.75, 3.05) is 0 Å². The summed E-state index contributed by atoms with van der Waals surface area (Å²) in [5.41, 5.74) is 0.386. The van der Waals surface area contributed by atoms with Crippen molar-refractivity contribution in [1.82, 2.24) is 4.72 Å². The Bertz CT molecular complexity index is 585. The molecule has 0 radical (unpaired) electrons. The minimum absolute atomic E-state index is 0.107. The molecule has 0 heterocycles. The van der Waals surface area contributed by atoms with Crippen molar-refractivity contribution in [2.24, 2.45) is 0 Å². The standard InChI is InChI=1S/C13H16ClNO3S/c1-9(16)10-4-2-5-11(8-10)19(17,18)15-13-7-3-6-12(13)14/h2,4-5,8,12-13,15H,3,6-7H2,1H3. The van der Waals surface area contributed by atoms with Crippen LogP contribution in [0.3, 0.4) is 0 Å². The summed E-state index contributed by atoms with van der Waals surface area (Å²) < 4.78 is 27.1. The molecule has 0 bridgehead atoms. The van der Waals surface area contributed by atoms with Crippen molar-refractivity contribution in [3.63, 3.8) is 0 Å². The van der Waals surface area contributed by atoms with Gasteiger partial charge in [-0.3, -0.25) is 4.79 Å². The Labute approximate surface area is 118 Å². The van der Waals surface area contributed by atoms with Crippen molar-refractivity contribution in [3.05, 3.63) is 29.8 Å². The molecule has 0 aliphatic heterocycles. The van der Waals surface area contributed by atoms with Crippen LogP contribution < -0.4 is 4.72 Å². The first-order valence-electron chi connectivity index (χ1n) is 6.17. The number of hydrogen-bond acceptors (Lipinski definition) is 3. The zero-order chi connectivity index (χ0) is 14.0. The SMILES string of the molecule is CC(=O)c1cccc(S(=O)(=O)NC2CCCC2Cl)c1. The number of halogens is 1. The lowest BCUT2D eigenvalue weighted by Gasteiger charge is -2.16. The van der Waals surface area contributed by atoms with Gasteiger partial charge in [-0.15, -0.1) is 11.6 Å². The number of hydrogen-bond donors (Lipinski definition) is 1. The summed E-state index contributed by atoms with van der Waals surface area (Å²) in [5.74, 6) is -0.159. The Morgan fingerprint density at radius 1 is 1.37 bits per heavy atom. The van der Waals surface area contributed by atoms with Gasteiger partial charge in [0, 0.05) is 17.0 Å². The Morgan fingerprint density at radius 3 is 2.68 bits per heavy atom. The number of rotatable bonds is 4. The average molecular weight is 302 g/mol. The Hall–Kier alpha value is -0.910. The highest BCUT2D eigenvalue weighted by Crippen LogP contribution is 2.25. The predicted molar refractivity (Wildman–Crippen MR) is 74.0 cm³/mol. The Kier molecular flexibility index (Phi) is 4.28. The van der Waals surface area contributed by atoms with Gasteiger partial charge in [0.2, 0.25) is 10.0 Å². The highest BCUT2D eigenvalue weighted by Gasteiger charge is 2.29. The molecule has 2 rings (SSSR count). The van der Waals surface area contributed by atoms with Gasteiger partial charge in [0.05, 0.1) is 4.90 Å². The quantitative estimate of drug-likeness (QED) is 0.686. The topological polar surface area (TPSA) is 63.2 Å². The third kappa shape index (κ3) is 3.35. The number of ketones is 1. The van der Waals surface area contributed by atoms with Crippen LogP contribution in [0.15, 0.2) is 29.2 Å². The normalized spacial score (nSPS) is 23.5. The van der Waals surface area contributed by atoms with Gasteiger partial charge in [-0.2, -0.15) is 0 Å². The van der Waals surface area contributed by atoms with E-state index in [-0.39, 0.29) is 22.1 Å². The molecule has 1 aliphatic rings. The van der Waals surface area contributed by atoms with Gasteiger partial charge in [0.25, 0.3) is 0 Å². The molecule has 1 aromatic rings. The van der Waals surface area contributed by atoms with Gasteiger partial charge in [-0.05, 0) is 31.9 Å². The van der Waals surface area contributed by atoms with Crippen LogP contribution in [0.2, 0.25) is 0 Å². The Morgan fingerprint density at radius 2 is 2.11 bits per heavy atom. The van der Waals surface area contributed by atoms with Crippen LogP contribution in [0.25, 0.3) is 0 Å². The van der Waals surface area contributed by atoms with Gasteiger partial charge < -0.3 is 0 Å². The summed E-state index contributed by atoms with van der Waals surface area (Å²) in [4.78, 5) is 11.4. The first kappa shape index (κ1) is 14.5. The maximum Gasteiger partial charge on any atom is 0.240 e. The molecule has 1 fully saturated rings. The molecule has 1 saturated carbocycles.